The third-order valence-electron chi connectivity index (χ3n) is 7.66. The molecule has 0 aliphatic carbocycles. The van der Waals surface area contributed by atoms with Crippen LogP contribution in [0.4, 0.5) is 0 Å². The second-order valence-corrected chi connectivity index (χ2v) is 11.2. The molecule has 38 heavy (non-hydrogen) atoms. The predicted molar refractivity (Wildman–Crippen MR) is 160 cm³/mol. The normalized spacial score (nSPS) is 11.7. The summed E-state index contributed by atoms with van der Waals surface area (Å²) in [5.74, 6) is -0.158. The molecular weight excluding hydrogens is 474 g/mol. The van der Waals surface area contributed by atoms with Gasteiger partial charge in [0.15, 0.2) is 0 Å². The minimum Gasteiger partial charge on any atom is -0.466 e. The molecule has 1 rings (SSSR count). The Balaban J connectivity index is 2.21. The molecule has 0 unspecified atom stereocenters. The van der Waals surface area contributed by atoms with Crippen LogP contribution in [0, 0.1) is 0 Å². The van der Waals surface area contributed by atoms with Crippen molar-refractivity contribution in [3.8, 4) is 0 Å². The Labute approximate surface area is 234 Å². The number of carbonyl (C=O) groups is 1. The van der Waals surface area contributed by atoms with Gasteiger partial charge in [-0.15, -0.1) is 0 Å². The number of carbonyl (C=O) groups excluding carboxylic acids is 1. The van der Waals surface area contributed by atoms with Crippen molar-refractivity contribution >= 4 is 5.97 Å². The minimum atomic E-state index is -0.738. The molecule has 0 saturated heterocycles. The van der Waals surface area contributed by atoms with E-state index in [-0.39, 0.29) is 19.2 Å². The van der Waals surface area contributed by atoms with Gasteiger partial charge in [0, 0.05) is 6.42 Å². The van der Waals surface area contributed by atoms with Crippen LogP contribution in [0.5, 0.6) is 0 Å². The van der Waals surface area contributed by atoms with Crippen LogP contribution in [0.2, 0.25) is 0 Å². The predicted octanol–water partition coefficient (Wildman–Crippen LogP) is 7.30. The van der Waals surface area contributed by atoms with Crippen LogP contribution in [0.25, 0.3) is 0 Å². The number of aliphatic hydroxyl groups excluding tert-OH is 2. The van der Waals surface area contributed by atoms with Crippen molar-refractivity contribution in [3.63, 3.8) is 0 Å². The summed E-state index contributed by atoms with van der Waals surface area (Å²) in [7, 11) is 0. The molecule has 220 valence electrons. The van der Waals surface area contributed by atoms with Crippen molar-refractivity contribution in [2.75, 3.05) is 26.4 Å². The molecule has 0 atom stereocenters. The van der Waals surface area contributed by atoms with Crippen molar-refractivity contribution in [1.29, 1.82) is 0 Å². The van der Waals surface area contributed by atoms with E-state index >= 15 is 0 Å². The fourth-order valence-corrected chi connectivity index (χ4v) is 4.85. The summed E-state index contributed by atoms with van der Waals surface area (Å²) in [6.45, 7) is 5.28. The molecule has 0 saturated carbocycles. The number of hydrogen-bond donors (Lipinski definition) is 3. The van der Waals surface area contributed by atoms with Gasteiger partial charge in [-0.05, 0) is 56.2 Å². The molecule has 1 aromatic carbocycles. The van der Waals surface area contributed by atoms with Crippen molar-refractivity contribution in [3.05, 3.63) is 35.4 Å². The molecule has 0 fully saturated rings. The first-order valence-electron chi connectivity index (χ1n) is 15.8. The molecule has 5 heteroatoms. The molecule has 0 amide bonds. The van der Waals surface area contributed by atoms with Gasteiger partial charge in [0.05, 0.1) is 25.4 Å². The largest absolute Gasteiger partial charge is 0.466 e. The van der Waals surface area contributed by atoms with Gasteiger partial charge < -0.3 is 20.3 Å². The Morgan fingerprint density at radius 2 is 1.21 bits per heavy atom. The lowest BCUT2D eigenvalue weighted by Crippen LogP contribution is -2.52. The number of rotatable bonds is 26. The quantitative estimate of drug-likeness (QED) is 0.0860. The average Bonchev–Trinajstić information content (AvgIpc) is 2.94. The third kappa shape index (κ3) is 17.2. The summed E-state index contributed by atoms with van der Waals surface area (Å²) in [5.41, 5.74) is 1.86. The van der Waals surface area contributed by atoms with Crippen LogP contribution in [-0.2, 0) is 22.4 Å². The molecule has 0 bridgehead atoms. The smallest absolute Gasteiger partial charge is 0.305 e. The van der Waals surface area contributed by atoms with Crippen molar-refractivity contribution in [2.24, 2.45) is 0 Å². The molecule has 0 aliphatic heterocycles. The van der Waals surface area contributed by atoms with Crippen molar-refractivity contribution in [1.82, 2.24) is 5.32 Å². The Morgan fingerprint density at radius 1 is 0.711 bits per heavy atom. The van der Waals surface area contributed by atoms with Crippen LogP contribution >= 0.6 is 0 Å². The topological polar surface area (TPSA) is 78.8 Å². The molecule has 0 spiro atoms. The number of benzene rings is 1. The van der Waals surface area contributed by atoms with Crippen LogP contribution < -0.4 is 5.32 Å². The molecule has 1 aromatic rings. The van der Waals surface area contributed by atoms with E-state index in [1.165, 1.54) is 88.2 Å². The molecular formula is C33H59NO4. The molecule has 3 N–H and O–H groups in total. The van der Waals surface area contributed by atoms with Crippen LogP contribution in [0.1, 0.15) is 134 Å². The third-order valence-corrected chi connectivity index (χ3v) is 7.66. The van der Waals surface area contributed by atoms with Gasteiger partial charge in [0.25, 0.3) is 0 Å². The number of nitrogens with one attached hydrogen (secondary N) is 1. The monoisotopic (exact) mass is 533 g/mol. The van der Waals surface area contributed by atoms with Gasteiger partial charge >= 0.3 is 5.97 Å². The Hall–Kier alpha value is -1.43. The Morgan fingerprint density at radius 3 is 1.76 bits per heavy atom. The van der Waals surface area contributed by atoms with Gasteiger partial charge in [0.1, 0.15) is 0 Å². The SMILES string of the molecule is CCCCCCCCCCOC(=O)CCCNC(CO)(CO)CCc1ccc(CCCCCCCC)cc1. The number of ether oxygens (including phenoxy) is 1. The van der Waals surface area contributed by atoms with E-state index < -0.39 is 5.54 Å². The van der Waals surface area contributed by atoms with Crippen LogP contribution in [0.3, 0.4) is 0 Å². The lowest BCUT2D eigenvalue weighted by atomic mass is 9.92. The maximum Gasteiger partial charge on any atom is 0.305 e. The fraction of sp³-hybridized carbons (Fsp3) is 0.788. The van der Waals surface area contributed by atoms with E-state index in [1.807, 2.05) is 0 Å². The van der Waals surface area contributed by atoms with Crippen LogP contribution in [-0.4, -0.2) is 48.1 Å². The van der Waals surface area contributed by atoms with E-state index in [1.54, 1.807) is 0 Å². The van der Waals surface area contributed by atoms with Crippen molar-refractivity contribution < 1.29 is 19.7 Å². The first-order valence-corrected chi connectivity index (χ1v) is 15.8. The lowest BCUT2D eigenvalue weighted by Gasteiger charge is -2.31. The standard InChI is InChI=1S/C33H59NO4/c1-3-5-7-9-11-12-14-16-27-38-32(37)19-17-26-34-33(28-35,29-36)25-24-31-22-20-30(21-23-31)18-15-13-10-8-6-4-2/h20-23,34-36H,3-19,24-29H2,1-2H3. The van der Waals surface area contributed by atoms with Crippen molar-refractivity contribution in [2.45, 2.75) is 141 Å². The number of aryl methyl sites for hydroxylation is 2. The highest BCUT2D eigenvalue weighted by Gasteiger charge is 2.27. The molecule has 0 radical (unpaired) electrons. The highest BCUT2D eigenvalue weighted by molar-refractivity contribution is 5.69. The molecule has 0 aromatic heterocycles. The summed E-state index contributed by atoms with van der Waals surface area (Å²) in [5, 5.41) is 23.3. The lowest BCUT2D eigenvalue weighted by molar-refractivity contribution is -0.143. The average molecular weight is 534 g/mol. The zero-order valence-corrected chi connectivity index (χ0v) is 24.8. The maximum absolute atomic E-state index is 12.0. The second-order valence-electron chi connectivity index (χ2n) is 11.2. The first kappa shape index (κ1) is 34.6. The highest BCUT2D eigenvalue weighted by Crippen LogP contribution is 2.17. The molecule has 5 nitrogen and oxygen atoms in total. The van der Waals surface area contributed by atoms with Gasteiger partial charge in [-0.1, -0.05) is 115 Å². The van der Waals surface area contributed by atoms with Gasteiger partial charge in [-0.25, -0.2) is 0 Å². The minimum absolute atomic E-state index is 0.136. The van der Waals surface area contributed by atoms with Gasteiger partial charge in [-0.3, -0.25) is 4.79 Å². The number of esters is 1. The number of hydrogen-bond acceptors (Lipinski definition) is 5. The summed E-state index contributed by atoms with van der Waals surface area (Å²) < 4.78 is 5.37. The Bertz CT molecular complexity index is 672. The zero-order valence-electron chi connectivity index (χ0n) is 24.8. The van der Waals surface area contributed by atoms with E-state index in [4.69, 9.17) is 4.74 Å². The fourth-order valence-electron chi connectivity index (χ4n) is 4.85. The summed E-state index contributed by atoms with van der Waals surface area (Å²) in [6.07, 6.45) is 21.2. The zero-order chi connectivity index (χ0) is 27.7. The summed E-state index contributed by atoms with van der Waals surface area (Å²) in [4.78, 5) is 12.0. The van der Waals surface area contributed by atoms with E-state index in [0.717, 1.165) is 25.7 Å². The highest BCUT2D eigenvalue weighted by atomic mass is 16.5. The van der Waals surface area contributed by atoms with Crippen LogP contribution in [0.15, 0.2) is 24.3 Å². The maximum atomic E-state index is 12.0. The van der Waals surface area contributed by atoms with E-state index in [0.29, 0.717) is 32.4 Å². The molecule has 0 aliphatic rings. The number of unbranched alkanes of at least 4 members (excludes halogenated alkanes) is 12. The summed E-state index contributed by atoms with van der Waals surface area (Å²) in [6, 6.07) is 8.78. The number of aliphatic hydroxyl groups is 2. The van der Waals surface area contributed by atoms with Gasteiger partial charge in [-0.2, -0.15) is 0 Å². The summed E-state index contributed by atoms with van der Waals surface area (Å²) >= 11 is 0. The molecule has 0 heterocycles. The first-order chi connectivity index (χ1) is 18.6. The van der Waals surface area contributed by atoms with E-state index in [9.17, 15) is 15.0 Å². The van der Waals surface area contributed by atoms with E-state index in [2.05, 4.69) is 43.4 Å². The second kappa shape index (κ2) is 23.5. The Kier molecular flexibility index (Phi) is 21.4. The van der Waals surface area contributed by atoms with Gasteiger partial charge in [0.2, 0.25) is 0 Å².